The Kier molecular flexibility index (Phi) is 5.80. The molecule has 5 nitrogen and oxygen atoms in total. The van der Waals surface area contributed by atoms with Crippen molar-refractivity contribution in [3.05, 3.63) is 75.0 Å². The number of aromatic nitrogens is 3. The van der Waals surface area contributed by atoms with Gasteiger partial charge in [0, 0.05) is 11.1 Å². The quantitative estimate of drug-likeness (QED) is 0.343. The maximum Gasteiger partial charge on any atom is 0.453 e. The molecular formula is C17H11ClF4N4OS. The van der Waals surface area contributed by atoms with Crippen LogP contribution >= 0.6 is 23.8 Å². The van der Waals surface area contributed by atoms with Gasteiger partial charge in [-0.15, -0.1) is 5.10 Å². The minimum atomic E-state index is -4.73. The lowest BCUT2D eigenvalue weighted by Crippen LogP contribution is -2.13. The van der Waals surface area contributed by atoms with Crippen LogP contribution in [-0.4, -0.2) is 21.1 Å². The zero-order chi connectivity index (χ0) is 20.3. The number of hydrogen-bond acceptors (Lipinski definition) is 4. The van der Waals surface area contributed by atoms with Crippen molar-refractivity contribution in [3.8, 4) is 5.75 Å². The molecule has 0 fully saturated rings. The second-order valence-electron chi connectivity index (χ2n) is 5.43. The van der Waals surface area contributed by atoms with Gasteiger partial charge in [0.25, 0.3) is 5.82 Å². The molecule has 1 N–H and O–H groups in total. The number of para-hydroxylation sites is 1. The molecule has 0 aliphatic rings. The van der Waals surface area contributed by atoms with E-state index in [4.69, 9.17) is 28.6 Å². The summed E-state index contributed by atoms with van der Waals surface area (Å²) in [4.78, 5) is 0. The van der Waals surface area contributed by atoms with Crippen molar-refractivity contribution in [1.82, 2.24) is 14.9 Å². The largest absolute Gasteiger partial charge is 0.488 e. The highest BCUT2D eigenvalue weighted by Crippen LogP contribution is 2.28. The number of hydrogen-bond donors (Lipinski definition) is 1. The Morgan fingerprint density at radius 2 is 1.96 bits per heavy atom. The lowest BCUT2D eigenvalue weighted by atomic mass is 10.2. The minimum absolute atomic E-state index is 0.160. The van der Waals surface area contributed by atoms with Crippen LogP contribution in [0.4, 0.5) is 17.6 Å². The summed E-state index contributed by atoms with van der Waals surface area (Å²) >= 11 is 10.7. The third kappa shape index (κ3) is 4.39. The first-order chi connectivity index (χ1) is 13.3. The smallest absolute Gasteiger partial charge is 0.453 e. The van der Waals surface area contributed by atoms with Crippen LogP contribution in [0.3, 0.4) is 0 Å². The van der Waals surface area contributed by atoms with Crippen molar-refractivity contribution in [3.63, 3.8) is 0 Å². The summed E-state index contributed by atoms with van der Waals surface area (Å²) in [5, 5.41) is 9.13. The van der Waals surface area contributed by atoms with E-state index in [1.54, 1.807) is 24.3 Å². The lowest BCUT2D eigenvalue weighted by Gasteiger charge is -2.11. The molecule has 0 aliphatic heterocycles. The molecule has 0 amide bonds. The summed E-state index contributed by atoms with van der Waals surface area (Å²) < 4.78 is 58.5. The second kappa shape index (κ2) is 8.11. The number of benzene rings is 2. The number of H-pyrrole nitrogens is 1. The van der Waals surface area contributed by atoms with Gasteiger partial charge in [-0.05, 0) is 36.5 Å². The zero-order valence-electron chi connectivity index (χ0n) is 13.9. The molecule has 0 bridgehead atoms. The van der Waals surface area contributed by atoms with Crippen LogP contribution in [0.5, 0.6) is 5.75 Å². The number of alkyl halides is 3. The number of ether oxygens (including phenoxy) is 1. The molecule has 0 radical (unpaired) electrons. The predicted molar refractivity (Wildman–Crippen MR) is 97.6 cm³/mol. The maximum absolute atomic E-state index is 13.9. The van der Waals surface area contributed by atoms with E-state index < -0.39 is 17.8 Å². The molecule has 0 atom stereocenters. The van der Waals surface area contributed by atoms with Gasteiger partial charge in [0.2, 0.25) is 4.77 Å². The Bertz CT molecular complexity index is 1060. The highest BCUT2D eigenvalue weighted by molar-refractivity contribution is 7.71. The van der Waals surface area contributed by atoms with Gasteiger partial charge in [0.15, 0.2) is 0 Å². The van der Waals surface area contributed by atoms with E-state index in [0.29, 0.717) is 10.2 Å². The van der Waals surface area contributed by atoms with Gasteiger partial charge in [-0.25, -0.2) is 9.49 Å². The van der Waals surface area contributed by atoms with Gasteiger partial charge in [-0.3, -0.25) is 0 Å². The fraction of sp³-hybridized carbons (Fsp3) is 0.118. The van der Waals surface area contributed by atoms with Crippen LogP contribution < -0.4 is 4.74 Å². The third-order valence-corrected chi connectivity index (χ3v) is 4.19. The van der Waals surface area contributed by atoms with Crippen molar-refractivity contribution in [1.29, 1.82) is 0 Å². The number of nitrogens with one attached hydrogen (secondary N) is 1. The van der Waals surface area contributed by atoms with E-state index in [1.807, 2.05) is 0 Å². The SMILES string of the molecule is Fc1cccc(Cl)c1COc1ccccc1/C=N\n1c(C(F)(F)F)n[nH]c1=S. The molecule has 0 saturated heterocycles. The second-order valence-corrected chi connectivity index (χ2v) is 6.23. The van der Waals surface area contributed by atoms with Gasteiger partial charge in [0.05, 0.1) is 11.2 Å². The minimum Gasteiger partial charge on any atom is -0.488 e. The van der Waals surface area contributed by atoms with Crippen LogP contribution in [0.1, 0.15) is 17.0 Å². The van der Waals surface area contributed by atoms with Crippen molar-refractivity contribution >= 4 is 30.0 Å². The van der Waals surface area contributed by atoms with Crippen molar-refractivity contribution in [2.75, 3.05) is 0 Å². The summed E-state index contributed by atoms with van der Waals surface area (Å²) in [5.74, 6) is -1.54. The van der Waals surface area contributed by atoms with Crippen LogP contribution in [0, 0.1) is 10.6 Å². The molecule has 146 valence electrons. The third-order valence-electron chi connectivity index (χ3n) is 3.57. The van der Waals surface area contributed by atoms with Crippen LogP contribution in [0.25, 0.3) is 0 Å². The average Bonchev–Trinajstić information content (AvgIpc) is 3.01. The summed E-state index contributed by atoms with van der Waals surface area (Å²) in [6.45, 7) is -0.171. The lowest BCUT2D eigenvalue weighted by molar-refractivity contribution is -0.147. The first kappa shape index (κ1) is 20.0. The van der Waals surface area contributed by atoms with E-state index in [9.17, 15) is 17.6 Å². The molecule has 28 heavy (non-hydrogen) atoms. The molecule has 0 spiro atoms. The number of nitrogens with zero attached hydrogens (tertiary/aromatic N) is 3. The monoisotopic (exact) mass is 430 g/mol. The van der Waals surface area contributed by atoms with E-state index in [1.165, 1.54) is 18.2 Å². The Labute approximate surface area is 166 Å². The van der Waals surface area contributed by atoms with Crippen LogP contribution in [0.15, 0.2) is 47.6 Å². The fourth-order valence-corrected chi connectivity index (χ4v) is 2.64. The molecule has 3 rings (SSSR count). The Balaban J connectivity index is 1.87. The van der Waals surface area contributed by atoms with E-state index in [0.717, 1.165) is 6.21 Å². The highest BCUT2D eigenvalue weighted by Gasteiger charge is 2.37. The van der Waals surface area contributed by atoms with Crippen molar-refractivity contribution in [2.24, 2.45) is 5.10 Å². The molecule has 1 heterocycles. The summed E-state index contributed by atoms with van der Waals surface area (Å²) in [5.41, 5.74) is 0.513. The predicted octanol–water partition coefficient (Wildman–Crippen LogP) is 5.21. The molecule has 0 unspecified atom stereocenters. The van der Waals surface area contributed by atoms with Crippen LogP contribution in [-0.2, 0) is 12.8 Å². The van der Waals surface area contributed by atoms with E-state index in [-0.39, 0.29) is 27.7 Å². The normalized spacial score (nSPS) is 11.9. The standard InChI is InChI=1S/C17H11ClF4N4OS/c18-12-5-3-6-13(19)11(12)9-27-14-7-2-1-4-10(14)8-23-26-15(17(20,21)22)24-25-16(26)28/h1-8H,9H2,(H,25,28)/b23-8-. The number of halogens is 5. The topological polar surface area (TPSA) is 55.2 Å². The number of aromatic amines is 1. The zero-order valence-corrected chi connectivity index (χ0v) is 15.4. The van der Waals surface area contributed by atoms with Crippen LogP contribution in [0.2, 0.25) is 5.02 Å². The molecule has 0 saturated carbocycles. The van der Waals surface area contributed by atoms with Gasteiger partial charge in [0.1, 0.15) is 18.2 Å². The number of rotatable bonds is 5. The Hall–Kier alpha value is -2.72. The summed E-state index contributed by atoms with van der Waals surface area (Å²) in [7, 11) is 0. The highest BCUT2D eigenvalue weighted by atomic mass is 35.5. The molecule has 11 heteroatoms. The molecule has 2 aromatic carbocycles. The maximum atomic E-state index is 13.9. The summed E-state index contributed by atoms with van der Waals surface area (Å²) in [6, 6.07) is 10.7. The van der Waals surface area contributed by atoms with Crippen molar-refractivity contribution < 1.29 is 22.3 Å². The fourth-order valence-electron chi connectivity index (χ4n) is 2.24. The van der Waals surface area contributed by atoms with E-state index >= 15 is 0 Å². The molecule has 0 aliphatic carbocycles. The van der Waals surface area contributed by atoms with Crippen molar-refractivity contribution in [2.45, 2.75) is 12.8 Å². The van der Waals surface area contributed by atoms with Gasteiger partial charge in [-0.2, -0.15) is 22.9 Å². The Morgan fingerprint density at radius 1 is 1.21 bits per heavy atom. The molecule has 3 aromatic rings. The first-order valence-electron chi connectivity index (χ1n) is 7.71. The Morgan fingerprint density at radius 3 is 2.68 bits per heavy atom. The first-order valence-corrected chi connectivity index (χ1v) is 8.49. The molecule has 1 aromatic heterocycles. The molecular weight excluding hydrogens is 420 g/mol. The van der Waals surface area contributed by atoms with Gasteiger partial charge >= 0.3 is 6.18 Å². The van der Waals surface area contributed by atoms with Gasteiger partial charge in [-0.1, -0.05) is 29.8 Å². The van der Waals surface area contributed by atoms with Gasteiger partial charge < -0.3 is 4.74 Å². The van der Waals surface area contributed by atoms with E-state index in [2.05, 4.69) is 15.3 Å². The summed E-state index contributed by atoms with van der Waals surface area (Å²) in [6.07, 6.45) is -3.60. The average molecular weight is 431 g/mol.